The van der Waals surface area contributed by atoms with Gasteiger partial charge in [0.25, 0.3) is 5.91 Å². The van der Waals surface area contributed by atoms with Gasteiger partial charge in [0.15, 0.2) is 0 Å². The highest BCUT2D eigenvalue weighted by atomic mass is 32.2. The standard InChI is InChI=1S/C23H22F3N3O2S/c1-27-10-12-28(13-11-27)21(30)15-29-18-4-2-3-5-19(18)32-20(22(29)31)14-16-6-8-17(9-7-16)23(24,25)26/h2-9,14H,10-13,15H2,1H3/b20-14-. The van der Waals surface area contributed by atoms with Crippen molar-refractivity contribution in [3.05, 3.63) is 64.6 Å². The predicted octanol–water partition coefficient (Wildman–Crippen LogP) is 3.96. The molecule has 2 aliphatic rings. The van der Waals surface area contributed by atoms with Crippen molar-refractivity contribution in [3.8, 4) is 0 Å². The molecular formula is C23H22F3N3O2S. The Kier molecular flexibility index (Phi) is 6.30. The van der Waals surface area contributed by atoms with Crippen LogP contribution in [0, 0.1) is 0 Å². The second-order valence-electron chi connectivity index (χ2n) is 7.77. The zero-order chi connectivity index (χ0) is 22.9. The minimum atomic E-state index is -4.42. The maximum absolute atomic E-state index is 13.3. The van der Waals surface area contributed by atoms with Crippen LogP contribution in [0.4, 0.5) is 18.9 Å². The summed E-state index contributed by atoms with van der Waals surface area (Å²) in [6, 6.07) is 12.0. The van der Waals surface area contributed by atoms with Crippen molar-refractivity contribution in [2.45, 2.75) is 11.1 Å². The van der Waals surface area contributed by atoms with E-state index >= 15 is 0 Å². The molecule has 2 aromatic carbocycles. The van der Waals surface area contributed by atoms with Crippen LogP contribution in [0.5, 0.6) is 0 Å². The highest BCUT2D eigenvalue weighted by Crippen LogP contribution is 2.42. The molecule has 1 saturated heterocycles. The number of para-hydroxylation sites is 1. The van der Waals surface area contributed by atoms with Gasteiger partial charge < -0.3 is 9.80 Å². The molecule has 0 aromatic heterocycles. The van der Waals surface area contributed by atoms with Crippen LogP contribution >= 0.6 is 11.8 Å². The number of thioether (sulfide) groups is 1. The summed E-state index contributed by atoms with van der Waals surface area (Å²) in [5.41, 5.74) is 0.403. The number of halogens is 3. The number of rotatable bonds is 3. The van der Waals surface area contributed by atoms with Gasteiger partial charge >= 0.3 is 6.18 Å². The second kappa shape index (κ2) is 8.99. The van der Waals surface area contributed by atoms with Crippen LogP contribution in [0.15, 0.2) is 58.3 Å². The summed E-state index contributed by atoms with van der Waals surface area (Å²) in [5, 5.41) is 0. The van der Waals surface area contributed by atoms with E-state index in [1.807, 2.05) is 25.2 Å². The molecule has 0 radical (unpaired) electrons. The van der Waals surface area contributed by atoms with Crippen molar-refractivity contribution in [1.82, 2.24) is 9.80 Å². The van der Waals surface area contributed by atoms with Crippen molar-refractivity contribution in [3.63, 3.8) is 0 Å². The van der Waals surface area contributed by atoms with Gasteiger partial charge in [-0.2, -0.15) is 13.2 Å². The molecule has 2 amide bonds. The smallest absolute Gasteiger partial charge is 0.339 e. The lowest BCUT2D eigenvalue weighted by molar-refractivity contribution is -0.137. The second-order valence-corrected chi connectivity index (χ2v) is 8.86. The fourth-order valence-corrected chi connectivity index (χ4v) is 4.69. The molecule has 0 spiro atoms. The predicted molar refractivity (Wildman–Crippen MR) is 118 cm³/mol. The van der Waals surface area contributed by atoms with Crippen LogP contribution < -0.4 is 4.90 Å². The lowest BCUT2D eigenvalue weighted by Gasteiger charge is -2.35. The van der Waals surface area contributed by atoms with E-state index < -0.39 is 11.7 Å². The molecule has 4 rings (SSSR count). The third-order valence-electron chi connectivity index (χ3n) is 5.52. The summed E-state index contributed by atoms with van der Waals surface area (Å²) in [4.78, 5) is 32.7. The average molecular weight is 462 g/mol. The van der Waals surface area contributed by atoms with E-state index in [4.69, 9.17) is 0 Å². The molecule has 0 bridgehead atoms. The Morgan fingerprint density at radius 1 is 1.03 bits per heavy atom. The topological polar surface area (TPSA) is 43.9 Å². The van der Waals surface area contributed by atoms with E-state index in [0.29, 0.717) is 29.2 Å². The molecule has 2 aliphatic heterocycles. The fraction of sp³-hybridized carbons (Fsp3) is 0.304. The van der Waals surface area contributed by atoms with Crippen molar-refractivity contribution < 1.29 is 22.8 Å². The molecule has 0 aliphatic carbocycles. The lowest BCUT2D eigenvalue weighted by Crippen LogP contribution is -2.51. The first-order valence-corrected chi connectivity index (χ1v) is 11.0. The van der Waals surface area contributed by atoms with Gasteiger partial charge in [-0.1, -0.05) is 36.0 Å². The number of alkyl halides is 3. The summed E-state index contributed by atoms with van der Waals surface area (Å²) in [7, 11) is 2.00. The Morgan fingerprint density at radius 2 is 1.69 bits per heavy atom. The maximum Gasteiger partial charge on any atom is 0.416 e. The number of piperazine rings is 1. The summed E-state index contributed by atoms with van der Waals surface area (Å²) < 4.78 is 38.5. The Hall–Kier alpha value is -2.78. The minimum absolute atomic E-state index is 0.0789. The molecule has 32 heavy (non-hydrogen) atoms. The number of hydrogen-bond donors (Lipinski definition) is 0. The molecule has 2 heterocycles. The Bertz CT molecular complexity index is 1050. The summed E-state index contributed by atoms with van der Waals surface area (Å²) in [6.07, 6.45) is -2.85. The third-order valence-corrected chi connectivity index (χ3v) is 6.59. The Morgan fingerprint density at radius 3 is 2.34 bits per heavy atom. The molecular weight excluding hydrogens is 439 g/mol. The monoisotopic (exact) mass is 461 g/mol. The molecule has 0 atom stereocenters. The van der Waals surface area contributed by atoms with Crippen molar-refractivity contribution in [2.75, 3.05) is 44.7 Å². The van der Waals surface area contributed by atoms with Crippen molar-refractivity contribution >= 4 is 35.3 Å². The molecule has 0 saturated carbocycles. The average Bonchev–Trinajstić information content (AvgIpc) is 2.76. The highest BCUT2D eigenvalue weighted by molar-refractivity contribution is 8.04. The number of benzene rings is 2. The number of anilines is 1. The van der Waals surface area contributed by atoms with E-state index in [0.717, 1.165) is 30.1 Å². The number of carbonyl (C=O) groups is 2. The third kappa shape index (κ3) is 4.83. The molecule has 0 unspecified atom stereocenters. The van der Waals surface area contributed by atoms with Gasteiger partial charge in [-0.3, -0.25) is 14.5 Å². The molecule has 9 heteroatoms. The van der Waals surface area contributed by atoms with Gasteiger partial charge in [0.2, 0.25) is 5.91 Å². The van der Waals surface area contributed by atoms with Crippen LogP contribution in [0.1, 0.15) is 11.1 Å². The normalized spacial score (nSPS) is 18.8. The molecule has 168 valence electrons. The van der Waals surface area contributed by atoms with Gasteiger partial charge in [0.1, 0.15) is 6.54 Å². The SMILES string of the molecule is CN1CCN(C(=O)CN2C(=O)/C(=C/c3ccc(C(F)(F)F)cc3)Sc3ccccc32)CC1. The molecule has 0 N–H and O–H groups in total. The van der Waals surface area contributed by atoms with Crippen LogP contribution in [-0.2, 0) is 15.8 Å². The number of nitrogens with zero attached hydrogens (tertiary/aromatic N) is 3. The Labute approximate surface area is 188 Å². The fourth-order valence-electron chi connectivity index (χ4n) is 3.63. The zero-order valence-electron chi connectivity index (χ0n) is 17.4. The van der Waals surface area contributed by atoms with E-state index in [9.17, 15) is 22.8 Å². The molecule has 5 nitrogen and oxygen atoms in total. The van der Waals surface area contributed by atoms with Gasteiger partial charge in [-0.15, -0.1) is 0 Å². The lowest BCUT2D eigenvalue weighted by atomic mass is 10.1. The van der Waals surface area contributed by atoms with Crippen LogP contribution in [-0.4, -0.2) is 61.4 Å². The van der Waals surface area contributed by atoms with Gasteiger partial charge in [-0.05, 0) is 43.0 Å². The van der Waals surface area contributed by atoms with Gasteiger partial charge in [-0.25, -0.2) is 0 Å². The van der Waals surface area contributed by atoms with Crippen LogP contribution in [0.2, 0.25) is 0 Å². The first-order valence-electron chi connectivity index (χ1n) is 10.2. The first-order chi connectivity index (χ1) is 15.2. The quantitative estimate of drug-likeness (QED) is 0.650. The van der Waals surface area contributed by atoms with Crippen LogP contribution in [0.25, 0.3) is 6.08 Å². The molecule has 2 aromatic rings. The highest BCUT2D eigenvalue weighted by Gasteiger charge is 2.33. The summed E-state index contributed by atoms with van der Waals surface area (Å²) in [5.74, 6) is -0.460. The molecule has 1 fully saturated rings. The largest absolute Gasteiger partial charge is 0.416 e. The Balaban J connectivity index is 1.59. The summed E-state index contributed by atoms with van der Waals surface area (Å²) in [6.45, 7) is 2.71. The zero-order valence-corrected chi connectivity index (χ0v) is 18.2. The number of amides is 2. The van der Waals surface area contributed by atoms with Gasteiger partial charge in [0.05, 0.1) is 16.2 Å². The number of likely N-dealkylation sites (N-methyl/N-ethyl adjacent to an activating group) is 1. The van der Waals surface area contributed by atoms with E-state index in [2.05, 4.69) is 4.90 Å². The number of fused-ring (bicyclic) bond motifs is 1. The van der Waals surface area contributed by atoms with Crippen molar-refractivity contribution in [1.29, 1.82) is 0 Å². The van der Waals surface area contributed by atoms with E-state index in [1.165, 1.54) is 28.8 Å². The first kappa shape index (κ1) is 22.4. The summed E-state index contributed by atoms with van der Waals surface area (Å²) >= 11 is 1.25. The van der Waals surface area contributed by atoms with Crippen LogP contribution in [0.3, 0.4) is 0 Å². The van der Waals surface area contributed by atoms with E-state index in [-0.39, 0.29) is 18.4 Å². The van der Waals surface area contributed by atoms with Crippen molar-refractivity contribution in [2.24, 2.45) is 0 Å². The number of hydrogen-bond acceptors (Lipinski definition) is 4. The van der Waals surface area contributed by atoms with E-state index in [1.54, 1.807) is 17.0 Å². The number of carbonyl (C=O) groups excluding carboxylic acids is 2. The van der Waals surface area contributed by atoms with Gasteiger partial charge in [0, 0.05) is 31.1 Å². The maximum atomic E-state index is 13.3. The minimum Gasteiger partial charge on any atom is -0.339 e.